The van der Waals surface area contributed by atoms with E-state index in [4.69, 9.17) is 4.74 Å². The number of fused-ring (bicyclic) bond motifs is 2. The molecule has 0 N–H and O–H groups in total. The molecule has 0 radical (unpaired) electrons. The summed E-state index contributed by atoms with van der Waals surface area (Å²) in [4.78, 5) is 12.6. The van der Waals surface area contributed by atoms with Crippen molar-refractivity contribution in [1.29, 1.82) is 0 Å². The Kier molecular flexibility index (Phi) is 3.33. The van der Waals surface area contributed by atoms with Crippen LogP contribution in [0, 0.1) is 17.3 Å². The van der Waals surface area contributed by atoms with Crippen LogP contribution in [0.3, 0.4) is 0 Å². The number of carbonyl (C=O) groups excluding carboxylic acids is 1. The van der Waals surface area contributed by atoms with Crippen molar-refractivity contribution in [1.82, 2.24) is 0 Å². The number of rotatable bonds is 3. The summed E-state index contributed by atoms with van der Waals surface area (Å²) in [5.74, 6) is 1.42. The maximum atomic E-state index is 12.6. The maximum absolute atomic E-state index is 12.6. The van der Waals surface area contributed by atoms with Crippen LogP contribution in [0.25, 0.3) is 11.1 Å². The lowest BCUT2D eigenvalue weighted by atomic mass is 9.78. The van der Waals surface area contributed by atoms with E-state index < -0.39 is 0 Å². The van der Waals surface area contributed by atoms with Gasteiger partial charge < -0.3 is 4.74 Å². The first-order valence-corrected chi connectivity index (χ1v) is 8.21. The fraction of sp³-hybridized carbons (Fsp3) is 0.286. The number of esters is 1. The van der Waals surface area contributed by atoms with E-state index in [9.17, 15) is 4.79 Å². The lowest BCUT2D eigenvalue weighted by molar-refractivity contribution is -0.146. The van der Waals surface area contributed by atoms with Gasteiger partial charge in [0.2, 0.25) is 0 Å². The van der Waals surface area contributed by atoms with Crippen molar-refractivity contribution in [3.05, 3.63) is 66.7 Å². The van der Waals surface area contributed by atoms with Crippen LogP contribution in [0.5, 0.6) is 5.75 Å². The molecule has 4 rings (SSSR count). The minimum Gasteiger partial charge on any atom is -0.426 e. The average Bonchev–Trinajstić information content (AvgIpc) is 3.17. The summed E-state index contributed by atoms with van der Waals surface area (Å²) in [6.45, 7) is 2.04. The van der Waals surface area contributed by atoms with Crippen LogP contribution in [0.4, 0.5) is 0 Å². The molecule has 2 heteroatoms. The Morgan fingerprint density at radius 1 is 1.00 bits per heavy atom. The number of allylic oxidation sites excluding steroid dienone is 2. The van der Waals surface area contributed by atoms with E-state index >= 15 is 0 Å². The zero-order valence-electron chi connectivity index (χ0n) is 13.2. The number of hydrogen-bond acceptors (Lipinski definition) is 2. The minimum atomic E-state index is -0.364. The van der Waals surface area contributed by atoms with Crippen LogP contribution in [0.2, 0.25) is 0 Å². The van der Waals surface area contributed by atoms with Gasteiger partial charge in [0.05, 0.1) is 5.41 Å². The third-order valence-electron chi connectivity index (χ3n) is 5.32. The van der Waals surface area contributed by atoms with Crippen molar-refractivity contribution < 1.29 is 9.53 Å². The van der Waals surface area contributed by atoms with Gasteiger partial charge in [0.1, 0.15) is 5.75 Å². The molecule has 2 aromatic carbocycles. The zero-order chi connectivity index (χ0) is 15.9. The third kappa shape index (κ3) is 2.48. The second-order valence-corrected chi connectivity index (χ2v) is 6.89. The highest BCUT2D eigenvalue weighted by Gasteiger charge is 2.51. The molecule has 116 valence electrons. The first-order valence-electron chi connectivity index (χ1n) is 8.21. The molecule has 2 nitrogen and oxygen atoms in total. The molecule has 0 heterocycles. The summed E-state index contributed by atoms with van der Waals surface area (Å²) >= 11 is 0. The molecule has 2 aliphatic rings. The summed E-state index contributed by atoms with van der Waals surface area (Å²) in [6, 6.07) is 18.0. The molecule has 0 saturated heterocycles. The lowest BCUT2D eigenvalue weighted by Gasteiger charge is -2.28. The van der Waals surface area contributed by atoms with E-state index in [1.807, 2.05) is 49.4 Å². The van der Waals surface area contributed by atoms with E-state index in [1.165, 1.54) is 0 Å². The molecule has 0 spiro atoms. The van der Waals surface area contributed by atoms with Crippen LogP contribution in [0.15, 0.2) is 66.7 Å². The molecule has 2 aliphatic carbocycles. The fourth-order valence-corrected chi connectivity index (χ4v) is 3.90. The Hall–Kier alpha value is -2.35. The van der Waals surface area contributed by atoms with Gasteiger partial charge in [0.25, 0.3) is 0 Å². The van der Waals surface area contributed by atoms with E-state index in [1.54, 1.807) is 0 Å². The van der Waals surface area contributed by atoms with Crippen molar-refractivity contribution in [3.8, 4) is 16.9 Å². The molecule has 3 unspecified atom stereocenters. The Morgan fingerprint density at radius 2 is 1.70 bits per heavy atom. The number of hydrogen-bond donors (Lipinski definition) is 0. The first kappa shape index (κ1) is 14.3. The summed E-state index contributed by atoms with van der Waals surface area (Å²) in [7, 11) is 0. The monoisotopic (exact) mass is 304 g/mol. The van der Waals surface area contributed by atoms with Gasteiger partial charge in [-0.3, -0.25) is 4.79 Å². The highest BCUT2D eigenvalue weighted by Crippen LogP contribution is 2.52. The van der Waals surface area contributed by atoms with Crippen LogP contribution in [-0.2, 0) is 4.79 Å². The van der Waals surface area contributed by atoms with Gasteiger partial charge in [-0.15, -0.1) is 0 Å². The van der Waals surface area contributed by atoms with Crippen molar-refractivity contribution in [2.24, 2.45) is 17.3 Å². The van der Waals surface area contributed by atoms with Gasteiger partial charge >= 0.3 is 5.97 Å². The summed E-state index contributed by atoms with van der Waals surface area (Å²) in [6.07, 6.45) is 6.44. The van der Waals surface area contributed by atoms with Crippen molar-refractivity contribution in [2.75, 3.05) is 0 Å². The maximum Gasteiger partial charge on any atom is 0.317 e. The Bertz CT molecular complexity index is 745. The second kappa shape index (κ2) is 5.38. The molecular weight excluding hydrogens is 284 g/mol. The third-order valence-corrected chi connectivity index (χ3v) is 5.32. The minimum absolute atomic E-state index is 0.0955. The van der Waals surface area contributed by atoms with Crippen LogP contribution in [0.1, 0.15) is 19.8 Å². The highest BCUT2D eigenvalue weighted by atomic mass is 16.5. The van der Waals surface area contributed by atoms with Gasteiger partial charge in [-0.2, -0.15) is 0 Å². The number of carbonyl (C=O) groups is 1. The van der Waals surface area contributed by atoms with Gasteiger partial charge in [0.15, 0.2) is 0 Å². The van der Waals surface area contributed by atoms with Crippen LogP contribution >= 0.6 is 0 Å². The molecule has 0 aromatic heterocycles. The Morgan fingerprint density at radius 3 is 2.30 bits per heavy atom. The smallest absolute Gasteiger partial charge is 0.317 e. The second-order valence-electron chi connectivity index (χ2n) is 6.89. The number of ether oxygens (including phenoxy) is 1. The van der Waals surface area contributed by atoms with Gasteiger partial charge in [0, 0.05) is 0 Å². The van der Waals surface area contributed by atoms with E-state index in [0.29, 0.717) is 17.6 Å². The summed E-state index contributed by atoms with van der Waals surface area (Å²) < 4.78 is 5.67. The number of benzene rings is 2. The van der Waals surface area contributed by atoms with Gasteiger partial charge in [-0.1, -0.05) is 54.6 Å². The molecule has 1 saturated carbocycles. The normalized spacial score (nSPS) is 28.0. The molecule has 2 aromatic rings. The lowest BCUT2D eigenvalue weighted by Crippen LogP contribution is -2.35. The van der Waals surface area contributed by atoms with Crippen LogP contribution in [-0.4, -0.2) is 5.97 Å². The standard InChI is InChI=1S/C21H20O2/c1-21(14-15-7-10-18(21)13-15)20(22)23-19-11-8-17(9-12-19)16-5-3-2-4-6-16/h2-12,15,18H,13-14H2,1H3. The Balaban J connectivity index is 1.49. The van der Waals surface area contributed by atoms with E-state index in [2.05, 4.69) is 24.3 Å². The fourth-order valence-electron chi connectivity index (χ4n) is 3.90. The Labute approximate surface area is 136 Å². The van der Waals surface area contributed by atoms with E-state index in [0.717, 1.165) is 24.0 Å². The SMILES string of the molecule is CC1(C(=O)Oc2ccc(-c3ccccc3)cc2)CC2C=CC1C2. The van der Waals surface area contributed by atoms with Crippen molar-refractivity contribution in [2.45, 2.75) is 19.8 Å². The average molecular weight is 304 g/mol. The molecular formula is C21H20O2. The van der Waals surface area contributed by atoms with Gasteiger partial charge in [-0.05, 0) is 54.9 Å². The molecule has 23 heavy (non-hydrogen) atoms. The molecule has 2 bridgehead atoms. The highest BCUT2D eigenvalue weighted by molar-refractivity contribution is 5.80. The predicted octanol–water partition coefficient (Wildman–Crippen LogP) is 4.86. The summed E-state index contributed by atoms with van der Waals surface area (Å²) in [5, 5.41) is 0. The molecule has 3 atom stereocenters. The van der Waals surface area contributed by atoms with E-state index in [-0.39, 0.29) is 11.4 Å². The molecule has 0 amide bonds. The van der Waals surface area contributed by atoms with Crippen LogP contribution < -0.4 is 4.74 Å². The largest absolute Gasteiger partial charge is 0.426 e. The van der Waals surface area contributed by atoms with Crippen molar-refractivity contribution >= 4 is 5.97 Å². The first-order chi connectivity index (χ1) is 11.1. The predicted molar refractivity (Wildman–Crippen MR) is 91.0 cm³/mol. The quantitative estimate of drug-likeness (QED) is 0.460. The van der Waals surface area contributed by atoms with Crippen molar-refractivity contribution in [3.63, 3.8) is 0 Å². The van der Waals surface area contributed by atoms with Gasteiger partial charge in [-0.25, -0.2) is 0 Å². The zero-order valence-corrected chi connectivity index (χ0v) is 13.2. The topological polar surface area (TPSA) is 26.3 Å². The summed E-state index contributed by atoms with van der Waals surface area (Å²) in [5.41, 5.74) is 1.92. The molecule has 1 fully saturated rings. The molecule has 0 aliphatic heterocycles.